The van der Waals surface area contributed by atoms with Gasteiger partial charge in [0.05, 0.1) is 0 Å². The van der Waals surface area contributed by atoms with Gasteiger partial charge in [-0.1, -0.05) is 29.8 Å². The molecule has 0 aliphatic carbocycles. The Balaban J connectivity index is 2.33. The van der Waals surface area contributed by atoms with E-state index in [1.165, 1.54) is 0 Å². The summed E-state index contributed by atoms with van der Waals surface area (Å²) in [7, 11) is 0. The summed E-state index contributed by atoms with van der Waals surface area (Å²) >= 11 is 0. The van der Waals surface area contributed by atoms with Crippen LogP contribution in [0, 0.1) is 6.92 Å². The van der Waals surface area contributed by atoms with Crippen molar-refractivity contribution in [3.63, 3.8) is 0 Å². The zero-order valence-corrected chi connectivity index (χ0v) is 7.73. The van der Waals surface area contributed by atoms with Crippen LogP contribution in [0.3, 0.4) is 0 Å². The van der Waals surface area contributed by atoms with Crippen LogP contribution in [0.4, 0.5) is 4.79 Å². The smallest absolute Gasteiger partial charge is 0.431 e. The molecule has 0 saturated carbocycles. The molecule has 1 aliphatic heterocycles. The summed E-state index contributed by atoms with van der Waals surface area (Å²) in [5, 5.41) is 0. The molecule has 0 radical (unpaired) electrons. The highest BCUT2D eigenvalue weighted by atomic mass is 16.6. The third kappa shape index (κ3) is 1.46. The van der Waals surface area contributed by atoms with Gasteiger partial charge in [-0.15, -0.1) is 0 Å². The number of aryl methyl sites for hydroxylation is 1. The SMILES string of the molecule is Cc1cccc(C2OC(=O)N=C2N)c1. The molecule has 2 N–H and O–H groups in total. The Kier molecular flexibility index (Phi) is 1.96. The van der Waals surface area contributed by atoms with Crippen molar-refractivity contribution in [1.29, 1.82) is 0 Å². The van der Waals surface area contributed by atoms with Crippen molar-refractivity contribution in [2.24, 2.45) is 10.7 Å². The van der Waals surface area contributed by atoms with Gasteiger partial charge in [-0.2, -0.15) is 4.99 Å². The van der Waals surface area contributed by atoms with Crippen molar-refractivity contribution in [1.82, 2.24) is 0 Å². The number of nitrogens with two attached hydrogens (primary N) is 1. The minimum absolute atomic E-state index is 0.223. The van der Waals surface area contributed by atoms with E-state index in [2.05, 4.69) is 4.99 Å². The average molecular weight is 190 g/mol. The van der Waals surface area contributed by atoms with Crippen LogP contribution in [0.25, 0.3) is 0 Å². The molecule has 1 aliphatic rings. The zero-order chi connectivity index (χ0) is 10.1. The van der Waals surface area contributed by atoms with Crippen LogP contribution in [-0.2, 0) is 4.74 Å². The van der Waals surface area contributed by atoms with Gasteiger partial charge in [-0.3, -0.25) is 0 Å². The van der Waals surface area contributed by atoms with Crippen molar-refractivity contribution < 1.29 is 9.53 Å². The maximum atomic E-state index is 10.8. The van der Waals surface area contributed by atoms with Gasteiger partial charge in [0, 0.05) is 5.56 Å². The lowest BCUT2D eigenvalue weighted by molar-refractivity contribution is 0.149. The van der Waals surface area contributed by atoms with Gasteiger partial charge in [-0.25, -0.2) is 4.79 Å². The number of rotatable bonds is 1. The number of amidine groups is 1. The van der Waals surface area contributed by atoms with Crippen LogP contribution >= 0.6 is 0 Å². The van der Waals surface area contributed by atoms with Gasteiger partial charge in [0.15, 0.2) is 11.9 Å². The number of cyclic esters (lactones) is 1. The largest absolute Gasteiger partial charge is 0.436 e. The maximum absolute atomic E-state index is 10.8. The molecule has 2 rings (SSSR count). The molecule has 4 heteroatoms. The number of carbonyl (C=O) groups is 1. The van der Waals surface area contributed by atoms with E-state index in [9.17, 15) is 4.79 Å². The Morgan fingerprint density at radius 3 is 2.86 bits per heavy atom. The Bertz CT molecular complexity index is 412. The zero-order valence-electron chi connectivity index (χ0n) is 7.73. The Hall–Kier alpha value is -1.84. The van der Waals surface area contributed by atoms with Gasteiger partial charge in [-0.05, 0) is 6.92 Å². The second kappa shape index (κ2) is 3.14. The topological polar surface area (TPSA) is 64.7 Å². The fourth-order valence-electron chi connectivity index (χ4n) is 1.42. The van der Waals surface area contributed by atoms with Crippen LogP contribution in [0.15, 0.2) is 29.3 Å². The molecular formula is C10H10N2O2. The number of aliphatic imine (C=N–C) groups is 1. The van der Waals surface area contributed by atoms with Gasteiger partial charge in [0.25, 0.3) is 0 Å². The Labute approximate surface area is 81.4 Å². The highest BCUT2D eigenvalue weighted by molar-refractivity contribution is 5.99. The fraction of sp³-hybridized carbons (Fsp3) is 0.200. The van der Waals surface area contributed by atoms with Crippen molar-refractivity contribution in [3.05, 3.63) is 35.4 Å². The van der Waals surface area contributed by atoms with E-state index in [0.717, 1.165) is 11.1 Å². The summed E-state index contributed by atoms with van der Waals surface area (Å²) in [6.45, 7) is 1.97. The Morgan fingerprint density at radius 2 is 2.29 bits per heavy atom. The molecule has 72 valence electrons. The molecule has 14 heavy (non-hydrogen) atoms. The normalized spacial score (nSPS) is 20.5. The highest BCUT2D eigenvalue weighted by Crippen LogP contribution is 2.23. The lowest BCUT2D eigenvalue weighted by Gasteiger charge is -2.09. The second-order valence-electron chi connectivity index (χ2n) is 3.21. The van der Waals surface area contributed by atoms with Crippen molar-refractivity contribution in [2.45, 2.75) is 13.0 Å². The molecule has 0 bridgehead atoms. The fourth-order valence-corrected chi connectivity index (χ4v) is 1.42. The number of benzene rings is 1. The number of carbonyl (C=O) groups excluding carboxylic acids is 1. The summed E-state index contributed by atoms with van der Waals surface area (Å²) in [5.41, 5.74) is 7.51. The average Bonchev–Trinajstić information content (AvgIpc) is 2.45. The number of hydrogen-bond donors (Lipinski definition) is 1. The van der Waals surface area contributed by atoms with Crippen molar-refractivity contribution in [3.8, 4) is 0 Å². The van der Waals surface area contributed by atoms with Crippen LogP contribution in [0.1, 0.15) is 17.2 Å². The number of nitrogens with zero attached hydrogens (tertiary/aromatic N) is 1. The number of hydrogen-bond acceptors (Lipinski definition) is 3. The molecule has 1 amide bonds. The molecule has 1 heterocycles. The number of amides is 1. The summed E-state index contributed by atoms with van der Waals surface area (Å²) < 4.78 is 4.95. The van der Waals surface area contributed by atoms with Gasteiger partial charge < -0.3 is 10.5 Å². The second-order valence-corrected chi connectivity index (χ2v) is 3.21. The minimum Gasteiger partial charge on any atom is -0.431 e. The standard InChI is InChI=1S/C10H10N2O2/c1-6-3-2-4-7(5-6)8-9(11)12-10(13)14-8/h2-5,8H,1H3,(H2,11,12,13). The summed E-state index contributed by atoms with van der Waals surface area (Å²) in [6, 6.07) is 7.64. The summed E-state index contributed by atoms with van der Waals surface area (Å²) in [6.07, 6.45) is -1.13. The van der Waals surface area contributed by atoms with E-state index < -0.39 is 12.2 Å². The first-order valence-electron chi connectivity index (χ1n) is 4.28. The molecular weight excluding hydrogens is 180 g/mol. The van der Waals surface area contributed by atoms with Crippen molar-refractivity contribution >= 4 is 11.9 Å². The van der Waals surface area contributed by atoms with E-state index in [1.807, 2.05) is 31.2 Å². The van der Waals surface area contributed by atoms with Gasteiger partial charge >= 0.3 is 6.09 Å². The van der Waals surface area contributed by atoms with Gasteiger partial charge in [0.2, 0.25) is 0 Å². The molecule has 0 saturated heterocycles. The lowest BCUT2D eigenvalue weighted by atomic mass is 10.1. The first-order chi connectivity index (χ1) is 6.66. The van der Waals surface area contributed by atoms with Crippen LogP contribution in [0.5, 0.6) is 0 Å². The molecule has 1 aromatic rings. The van der Waals surface area contributed by atoms with Crippen LogP contribution < -0.4 is 5.73 Å². The third-order valence-corrected chi connectivity index (χ3v) is 2.05. The van der Waals surface area contributed by atoms with E-state index in [0.29, 0.717) is 0 Å². The van der Waals surface area contributed by atoms with Crippen molar-refractivity contribution in [2.75, 3.05) is 0 Å². The molecule has 0 fully saturated rings. The molecule has 4 nitrogen and oxygen atoms in total. The number of ether oxygens (including phenoxy) is 1. The molecule has 1 atom stereocenters. The van der Waals surface area contributed by atoms with E-state index in [4.69, 9.17) is 10.5 Å². The molecule has 1 unspecified atom stereocenters. The summed E-state index contributed by atoms with van der Waals surface area (Å²) in [5.74, 6) is 0.223. The van der Waals surface area contributed by atoms with Crippen LogP contribution in [-0.4, -0.2) is 11.9 Å². The molecule has 0 spiro atoms. The van der Waals surface area contributed by atoms with E-state index >= 15 is 0 Å². The third-order valence-electron chi connectivity index (χ3n) is 2.05. The lowest BCUT2D eigenvalue weighted by Crippen LogP contribution is -2.18. The Morgan fingerprint density at radius 1 is 1.50 bits per heavy atom. The van der Waals surface area contributed by atoms with Crippen LogP contribution in [0.2, 0.25) is 0 Å². The quantitative estimate of drug-likeness (QED) is 0.730. The maximum Gasteiger partial charge on any atom is 0.436 e. The molecule has 0 aromatic heterocycles. The predicted molar refractivity (Wildman–Crippen MR) is 52.0 cm³/mol. The predicted octanol–water partition coefficient (Wildman–Crippen LogP) is 1.54. The monoisotopic (exact) mass is 190 g/mol. The molecule has 1 aromatic carbocycles. The minimum atomic E-state index is -0.617. The summed E-state index contributed by atoms with van der Waals surface area (Å²) in [4.78, 5) is 14.3. The van der Waals surface area contributed by atoms with E-state index in [-0.39, 0.29) is 5.84 Å². The first-order valence-corrected chi connectivity index (χ1v) is 4.28. The van der Waals surface area contributed by atoms with E-state index in [1.54, 1.807) is 0 Å². The van der Waals surface area contributed by atoms with Gasteiger partial charge in [0.1, 0.15) is 0 Å². The highest BCUT2D eigenvalue weighted by Gasteiger charge is 2.27. The first kappa shape index (κ1) is 8.74.